The van der Waals surface area contributed by atoms with Gasteiger partial charge in [-0.2, -0.15) is 0 Å². The third-order valence-corrected chi connectivity index (χ3v) is 4.83. The SMILES string of the molecule is BN1CC(C(CCCC)CCCCCC)[C@@H](C(=O)O)C1. The van der Waals surface area contributed by atoms with Crippen molar-refractivity contribution in [2.75, 3.05) is 13.1 Å². The highest BCUT2D eigenvalue weighted by Crippen LogP contribution is 2.35. The Labute approximate surface area is 125 Å². The Bertz CT molecular complexity index is 286. The van der Waals surface area contributed by atoms with E-state index in [1.54, 1.807) is 0 Å². The van der Waals surface area contributed by atoms with Gasteiger partial charge in [0.05, 0.1) is 5.92 Å². The number of hydrogen-bond acceptors (Lipinski definition) is 2. The minimum Gasteiger partial charge on any atom is -0.481 e. The summed E-state index contributed by atoms with van der Waals surface area (Å²) in [6, 6.07) is 0. The van der Waals surface area contributed by atoms with Gasteiger partial charge in [-0.05, 0) is 18.4 Å². The zero-order chi connectivity index (χ0) is 15.0. The lowest BCUT2D eigenvalue weighted by Gasteiger charge is -2.26. The van der Waals surface area contributed by atoms with E-state index >= 15 is 0 Å². The van der Waals surface area contributed by atoms with Crippen LogP contribution in [0.5, 0.6) is 0 Å². The second-order valence-electron chi connectivity index (χ2n) is 6.58. The molecule has 0 aromatic carbocycles. The van der Waals surface area contributed by atoms with E-state index in [-0.39, 0.29) is 5.92 Å². The first-order valence-corrected chi connectivity index (χ1v) is 8.51. The molecule has 0 aromatic heterocycles. The summed E-state index contributed by atoms with van der Waals surface area (Å²) in [6.07, 6.45) is 10.1. The van der Waals surface area contributed by atoms with E-state index < -0.39 is 5.97 Å². The monoisotopic (exact) mass is 281 g/mol. The maximum absolute atomic E-state index is 11.5. The zero-order valence-electron chi connectivity index (χ0n) is 13.6. The first-order chi connectivity index (χ1) is 9.60. The van der Waals surface area contributed by atoms with Crippen LogP contribution in [0.15, 0.2) is 0 Å². The van der Waals surface area contributed by atoms with Crippen LogP contribution in [0.3, 0.4) is 0 Å². The highest BCUT2D eigenvalue weighted by atomic mass is 16.4. The third kappa shape index (κ3) is 5.47. The van der Waals surface area contributed by atoms with E-state index in [0.29, 0.717) is 11.8 Å². The van der Waals surface area contributed by atoms with Gasteiger partial charge >= 0.3 is 5.97 Å². The summed E-state index contributed by atoms with van der Waals surface area (Å²) in [4.78, 5) is 13.7. The normalized spacial score (nSPS) is 24.9. The van der Waals surface area contributed by atoms with Gasteiger partial charge in [0.1, 0.15) is 0 Å². The maximum atomic E-state index is 11.5. The lowest BCUT2D eigenvalue weighted by molar-refractivity contribution is -0.143. The second kappa shape index (κ2) is 9.43. The van der Waals surface area contributed by atoms with E-state index in [9.17, 15) is 9.90 Å². The smallest absolute Gasteiger partial charge is 0.308 e. The predicted octanol–water partition coefficient (Wildman–Crippen LogP) is 2.94. The molecule has 0 amide bonds. The molecule has 3 nitrogen and oxygen atoms in total. The molecule has 0 aliphatic carbocycles. The van der Waals surface area contributed by atoms with Crippen LogP contribution in [0.2, 0.25) is 0 Å². The Morgan fingerprint density at radius 2 is 1.80 bits per heavy atom. The Kier molecular flexibility index (Phi) is 8.28. The molecule has 0 radical (unpaired) electrons. The summed E-state index contributed by atoms with van der Waals surface area (Å²) in [5.74, 6) is 0.242. The van der Waals surface area contributed by atoms with Gasteiger partial charge in [0.15, 0.2) is 7.98 Å². The van der Waals surface area contributed by atoms with Gasteiger partial charge in [0.2, 0.25) is 0 Å². The molecule has 1 N–H and O–H groups in total. The highest BCUT2D eigenvalue weighted by molar-refractivity contribution is 6.04. The van der Waals surface area contributed by atoms with Crippen molar-refractivity contribution in [3.63, 3.8) is 0 Å². The number of rotatable bonds is 10. The van der Waals surface area contributed by atoms with Crippen LogP contribution in [0.25, 0.3) is 0 Å². The highest BCUT2D eigenvalue weighted by Gasteiger charge is 2.39. The van der Waals surface area contributed by atoms with Gasteiger partial charge in [-0.1, -0.05) is 65.2 Å². The van der Waals surface area contributed by atoms with Gasteiger partial charge in [-0.25, -0.2) is 0 Å². The number of carboxylic acid groups (broad SMARTS) is 1. The quantitative estimate of drug-likeness (QED) is 0.494. The number of hydrogen-bond donors (Lipinski definition) is 1. The van der Waals surface area contributed by atoms with Crippen LogP contribution in [-0.2, 0) is 4.79 Å². The lowest BCUT2D eigenvalue weighted by Crippen LogP contribution is -2.28. The van der Waals surface area contributed by atoms with Gasteiger partial charge in [-0.3, -0.25) is 4.79 Å². The molecule has 4 heteroatoms. The van der Waals surface area contributed by atoms with Crippen LogP contribution in [-0.4, -0.2) is 37.0 Å². The minimum absolute atomic E-state index is 0.145. The molecule has 0 bridgehead atoms. The van der Waals surface area contributed by atoms with Crippen LogP contribution in [0.1, 0.15) is 65.2 Å². The fraction of sp³-hybridized carbons (Fsp3) is 0.938. The van der Waals surface area contributed by atoms with Crippen molar-refractivity contribution in [2.45, 2.75) is 65.2 Å². The maximum Gasteiger partial charge on any atom is 0.308 e. The number of carboxylic acids is 1. The van der Waals surface area contributed by atoms with Gasteiger partial charge in [0, 0.05) is 6.54 Å². The van der Waals surface area contributed by atoms with E-state index in [1.807, 2.05) is 0 Å². The molecule has 20 heavy (non-hydrogen) atoms. The van der Waals surface area contributed by atoms with E-state index in [2.05, 4.69) is 26.6 Å². The van der Waals surface area contributed by atoms with Crippen LogP contribution in [0.4, 0.5) is 0 Å². The third-order valence-electron chi connectivity index (χ3n) is 4.83. The molecule has 1 rings (SSSR count). The molecule has 0 aromatic rings. The minimum atomic E-state index is -0.589. The molecule has 1 aliphatic rings. The van der Waals surface area contributed by atoms with Crippen molar-refractivity contribution < 1.29 is 9.90 Å². The Morgan fingerprint density at radius 1 is 1.15 bits per heavy atom. The number of aliphatic carboxylic acids is 1. The Hall–Kier alpha value is -0.505. The largest absolute Gasteiger partial charge is 0.481 e. The van der Waals surface area contributed by atoms with Crippen molar-refractivity contribution in [3.8, 4) is 0 Å². The average Bonchev–Trinajstić information content (AvgIpc) is 2.80. The molecule has 3 atom stereocenters. The molecule has 1 fully saturated rings. The van der Waals surface area contributed by atoms with E-state index in [4.69, 9.17) is 0 Å². The first kappa shape index (κ1) is 17.5. The topological polar surface area (TPSA) is 40.5 Å². The molecule has 1 heterocycles. The fourth-order valence-corrected chi connectivity index (χ4v) is 3.64. The fourth-order valence-electron chi connectivity index (χ4n) is 3.64. The number of carbonyl (C=O) groups is 1. The summed E-state index contributed by atoms with van der Waals surface area (Å²) in [5, 5.41) is 9.46. The van der Waals surface area contributed by atoms with Gasteiger partial charge in [-0.15, -0.1) is 0 Å². The van der Waals surface area contributed by atoms with E-state index in [0.717, 1.165) is 13.1 Å². The van der Waals surface area contributed by atoms with Crippen molar-refractivity contribution in [1.29, 1.82) is 0 Å². The molecular formula is C16H32BNO2. The Morgan fingerprint density at radius 3 is 2.40 bits per heavy atom. The summed E-state index contributed by atoms with van der Waals surface area (Å²) in [6.45, 7) is 6.17. The average molecular weight is 281 g/mol. The lowest BCUT2D eigenvalue weighted by atomic mass is 9.78. The molecule has 0 saturated carbocycles. The molecule has 0 spiro atoms. The van der Waals surface area contributed by atoms with Crippen LogP contribution < -0.4 is 0 Å². The molecule has 1 aliphatic heterocycles. The van der Waals surface area contributed by atoms with Crippen molar-refractivity contribution in [1.82, 2.24) is 4.81 Å². The molecule has 116 valence electrons. The standard InChI is InChI=1S/C16H32BNO2/c1-3-5-7-8-10-13(9-6-4-2)14-11-18(17)12-15(14)16(19)20/h13-15H,3-12,17H2,1-2H3,(H,19,20)/t13?,14?,15-/m0/s1. The predicted molar refractivity (Wildman–Crippen MR) is 86.5 cm³/mol. The first-order valence-electron chi connectivity index (χ1n) is 8.51. The van der Waals surface area contributed by atoms with Crippen LogP contribution >= 0.6 is 0 Å². The molecular weight excluding hydrogens is 249 g/mol. The molecule has 2 unspecified atom stereocenters. The van der Waals surface area contributed by atoms with Gasteiger partial charge < -0.3 is 9.92 Å². The zero-order valence-corrected chi connectivity index (χ0v) is 13.6. The van der Waals surface area contributed by atoms with E-state index in [1.165, 1.54) is 51.4 Å². The summed E-state index contributed by atoms with van der Waals surface area (Å²) in [7, 11) is 2.06. The van der Waals surface area contributed by atoms with Crippen molar-refractivity contribution in [2.24, 2.45) is 17.8 Å². The van der Waals surface area contributed by atoms with Crippen LogP contribution in [0, 0.1) is 17.8 Å². The van der Waals surface area contributed by atoms with Crippen molar-refractivity contribution >= 4 is 14.0 Å². The second-order valence-corrected chi connectivity index (χ2v) is 6.58. The summed E-state index contributed by atoms with van der Waals surface area (Å²) >= 11 is 0. The summed E-state index contributed by atoms with van der Waals surface area (Å²) in [5.41, 5.74) is 0. The summed E-state index contributed by atoms with van der Waals surface area (Å²) < 4.78 is 0. The molecule has 1 saturated heterocycles. The Balaban J connectivity index is 2.57. The number of nitrogens with zero attached hydrogens (tertiary/aromatic N) is 1. The van der Waals surface area contributed by atoms with Crippen molar-refractivity contribution in [3.05, 3.63) is 0 Å². The van der Waals surface area contributed by atoms with Gasteiger partial charge in [0.25, 0.3) is 0 Å². The number of unbranched alkanes of at least 4 members (excludes halogenated alkanes) is 4.